The van der Waals surface area contributed by atoms with Crippen LogP contribution in [-0.2, 0) is 0 Å². The van der Waals surface area contributed by atoms with Gasteiger partial charge in [0.05, 0.1) is 19.7 Å². The third-order valence-electron chi connectivity index (χ3n) is 4.96. The number of nitrogens with zero attached hydrogens (tertiary/aromatic N) is 3. The molecule has 0 radical (unpaired) electrons. The molecule has 0 saturated heterocycles. The number of fused-ring (bicyclic) bond motifs is 1. The van der Waals surface area contributed by atoms with Gasteiger partial charge in [0.25, 0.3) is 0 Å². The van der Waals surface area contributed by atoms with E-state index >= 15 is 0 Å². The standard InChI is InChI=1S/C23H31N5O2/c1-4-5-6-7-8-9-12-25-22-18-15-20(29-2)21(30-3)16-19(18)27-23(28-22)26-17-10-13-24-14-11-17/h10-11,13-16H,4-9,12H2,1-3H3,(H2,24,25,26,27,28). The first kappa shape index (κ1) is 21.6. The Bertz CT molecular complexity index is 934. The second kappa shape index (κ2) is 11.2. The fraction of sp³-hybridized carbons (Fsp3) is 0.435. The number of unbranched alkanes of at least 4 members (excludes halogenated alkanes) is 5. The largest absolute Gasteiger partial charge is 0.493 e. The summed E-state index contributed by atoms with van der Waals surface area (Å²) in [5.74, 6) is 2.60. The summed E-state index contributed by atoms with van der Waals surface area (Å²) in [7, 11) is 3.26. The van der Waals surface area contributed by atoms with E-state index in [2.05, 4.69) is 27.5 Å². The summed E-state index contributed by atoms with van der Waals surface area (Å²) < 4.78 is 10.9. The molecule has 160 valence electrons. The van der Waals surface area contributed by atoms with Crippen LogP contribution in [0.4, 0.5) is 17.5 Å². The number of pyridine rings is 1. The molecule has 30 heavy (non-hydrogen) atoms. The number of hydrogen-bond donors (Lipinski definition) is 2. The van der Waals surface area contributed by atoms with E-state index in [0.717, 1.165) is 35.4 Å². The van der Waals surface area contributed by atoms with Crippen LogP contribution in [0.1, 0.15) is 45.4 Å². The molecule has 7 nitrogen and oxygen atoms in total. The number of ether oxygens (including phenoxy) is 2. The number of nitrogens with one attached hydrogen (secondary N) is 2. The average molecular weight is 410 g/mol. The number of rotatable bonds is 12. The SMILES string of the molecule is CCCCCCCCNc1nc(Nc2ccncc2)nc2cc(OC)c(OC)cc12. The Morgan fingerprint density at radius 3 is 2.30 bits per heavy atom. The molecule has 1 aromatic carbocycles. The van der Waals surface area contributed by atoms with E-state index in [1.54, 1.807) is 26.6 Å². The molecule has 0 atom stereocenters. The molecule has 0 aliphatic carbocycles. The van der Waals surface area contributed by atoms with Gasteiger partial charge in [0, 0.05) is 36.1 Å². The molecule has 0 fully saturated rings. The molecule has 2 heterocycles. The van der Waals surface area contributed by atoms with E-state index in [-0.39, 0.29) is 0 Å². The van der Waals surface area contributed by atoms with Crippen molar-refractivity contribution in [2.24, 2.45) is 0 Å². The highest BCUT2D eigenvalue weighted by Crippen LogP contribution is 2.35. The van der Waals surface area contributed by atoms with Gasteiger partial charge in [0.1, 0.15) is 5.82 Å². The van der Waals surface area contributed by atoms with Crippen molar-refractivity contribution in [3.63, 3.8) is 0 Å². The first-order valence-electron chi connectivity index (χ1n) is 10.6. The number of anilines is 3. The van der Waals surface area contributed by atoms with Crippen LogP contribution in [0.5, 0.6) is 11.5 Å². The third kappa shape index (κ3) is 5.72. The van der Waals surface area contributed by atoms with Gasteiger partial charge in [-0.2, -0.15) is 4.98 Å². The van der Waals surface area contributed by atoms with Crippen molar-refractivity contribution in [3.05, 3.63) is 36.7 Å². The molecule has 2 N–H and O–H groups in total. The normalized spacial score (nSPS) is 10.8. The summed E-state index contributed by atoms with van der Waals surface area (Å²) in [6.07, 6.45) is 11.0. The van der Waals surface area contributed by atoms with Crippen molar-refractivity contribution in [3.8, 4) is 11.5 Å². The first-order valence-corrected chi connectivity index (χ1v) is 10.6. The summed E-state index contributed by atoms with van der Waals surface area (Å²) in [5.41, 5.74) is 1.66. The molecular weight excluding hydrogens is 378 g/mol. The minimum atomic E-state index is 0.520. The lowest BCUT2D eigenvalue weighted by Crippen LogP contribution is -2.07. The summed E-state index contributed by atoms with van der Waals surface area (Å²) in [5, 5.41) is 7.65. The Labute approximate surface area is 178 Å². The maximum Gasteiger partial charge on any atom is 0.229 e. The summed E-state index contributed by atoms with van der Waals surface area (Å²) >= 11 is 0. The van der Waals surface area contributed by atoms with Crippen LogP contribution in [0, 0.1) is 0 Å². The van der Waals surface area contributed by atoms with E-state index in [1.165, 1.54) is 32.1 Å². The van der Waals surface area contributed by atoms with Crippen molar-refractivity contribution in [2.45, 2.75) is 45.4 Å². The molecule has 0 aliphatic rings. The molecule has 0 saturated carbocycles. The van der Waals surface area contributed by atoms with Crippen LogP contribution < -0.4 is 20.1 Å². The Balaban J connectivity index is 1.83. The van der Waals surface area contributed by atoms with E-state index in [1.807, 2.05) is 24.3 Å². The molecule has 0 unspecified atom stereocenters. The van der Waals surface area contributed by atoms with Crippen molar-refractivity contribution in [1.82, 2.24) is 15.0 Å². The van der Waals surface area contributed by atoms with Crippen LogP contribution in [0.2, 0.25) is 0 Å². The van der Waals surface area contributed by atoms with Gasteiger partial charge in [-0.3, -0.25) is 4.98 Å². The molecule has 2 aromatic heterocycles. The Hall–Kier alpha value is -3.09. The van der Waals surface area contributed by atoms with Gasteiger partial charge in [-0.15, -0.1) is 0 Å². The smallest absolute Gasteiger partial charge is 0.229 e. The monoisotopic (exact) mass is 409 g/mol. The zero-order valence-corrected chi connectivity index (χ0v) is 18.1. The fourth-order valence-electron chi connectivity index (χ4n) is 3.32. The van der Waals surface area contributed by atoms with Gasteiger partial charge >= 0.3 is 0 Å². The number of benzene rings is 1. The van der Waals surface area contributed by atoms with Crippen molar-refractivity contribution in [1.29, 1.82) is 0 Å². The minimum absolute atomic E-state index is 0.520. The van der Waals surface area contributed by atoms with E-state index in [4.69, 9.17) is 14.5 Å². The lowest BCUT2D eigenvalue weighted by atomic mass is 10.1. The van der Waals surface area contributed by atoms with Crippen LogP contribution in [0.15, 0.2) is 36.7 Å². The van der Waals surface area contributed by atoms with Crippen molar-refractivity contribution < 1.29 is 9.47 Å². The predicted molar refractivity (Wildman–Crippen MR) is 122 cm³/mol. The van der Waals surface area contributed by atoms with Gasteiger partial charge in [-0.1, -0.05) is 39.0 Å². The summed E-state index contributed by atoms with van der Waals surface area (Å²) in [4.78, 5) is 13.4. The van der Waals surface area contributed by atoms with Crippen LogP contribution in [-0.4, -0.2) is 35.7 Å². The quantitative estimate of drug-likeness (QED) is 0.379. The van der Waals surface area contributed by atoms with Gasteiger partial charge in [-0.05, 0) is 24.6 Å². The van der Waals surface area contributed by atoms with Crippen LogP contribution in [0.25, 0.3) is 10.9 Å². The van der Waals surface area contributed by atoms with E-state index < -0.39 is 0 Å². The molecule has 0 aliphatic heterocycles. The third-order valence-corrected chi connectivity index (χ3v) is 4.96. The minimum Gasteiger partial charge on any atom is -0.493 e. The first-order chi connectivity index (χ1) is 14.7. The van der Waals surface area contributed by atoms with Gasteiger partial charge in [-0.25, -0.2) is 4.98 Å². The highest BCUT2D eigenvalue weighted by atomic mass is 16.5. The lowest BCUT2D eigenvalue weighted by molar-refractivity contribution is 0.356. The Kier molecular flexibility index (Phi) is 8.06. The topological polar surface area (TPSA) is 81.2 Å². The Morgan fingerprint density at radius 1 is 0.867 bits per heavy atom. The molecule has 0 bridgehead atoms. The molecule has 7 heteroatoms. The van der Waals surface area contributed by atoms with Gasteiger partial charge < -0.3 is 20.1 Å². The number of methoxy groups -OCH3 is 2. The predicted octanol–water partition coefficient (Wildman–Crippen LogP) is 5.56. The molecule has 0 spiro atoms. The zero-order valence-electron chi connectivity index (χ0n) is 18.1. The van der Waals surface area contributed by atoms with Crippen molar-refractivity contribution >= 4 is 28.4 Å². The van der Waals surface area contributed by atoms with Crippen LogP contribution in [0.3, 0.4) is 0 Å². The fourth-order valence-corrected chi connectivity index (χ4v) is 3.32. The summed E-state index contributed by atoms with van der Waals surface area (Å²) in [6, 6.07) is 7.56. The van der Waals surface area contributed by atoms with E-state index in [0.29, 0.717) is 17.4 Å². The maximum absolute atomic E-state index is 5.47. The second-order valence-corrected chi connectivity index (χ2v) is 7.18. The van der Waals surface area contributed by atoms with Crippen molar-refractivity contribution in [2.75, 3.05) is 31.4 Å². The van der Waals surface area contributed by atoms with Gasteiger partial charge in [0.15, 0.2) is 11.5 Å². The highest BCUT2D eigenvalue weighted by molar-refractivity contribution is 5.93. The number of hydrogen-bond acceptors (Lipinski definition) is 7. The zero-order chi connectivity index (χ0) is 21.2. The molecular formula is C23H31N5O2. The lowest BCUT2D eigenvalue weighted by Gasteiger charge is -2.14. The second-order valence-electron chi connectivity index (χ2n) is 7.18. The molecule has 0 amide bonds. The van der Waals surface area contributed by atoms with Gasteiger partial charge in [0.2, 0.25) is 5.95 Å². The highest BCUT2D eigenvalue weighted by Gasteiger charge is 2.13. The maximum atomic E-state index is 5.47. The molecule has 3 rings (SSSR count). The number of aromatic nitrogens is 3. The average Bonchev–Trinajstić information content (AvgIpc) is 2.78. The molecule has 3 aromatic rings. The van der Waals surface area contributed by atoms with E-state index in [9.17, 15) is 0 Å². The Morgan fingerprint density at radius 2 is 1.57 bits per heavy atom. The summed E-state index contributed by atoms with van der Waals surface area (Å²) in [6.45, 7) is 3.10. The van der Waals surface area contributed by atoms with Crippen LogP contribution >= 0.6 is 0 Å².